The predicted molar refractivity (Wildman–Crippen MR) is 57.3 cm³/mol. The van der Waals surface area contributed by atoms with Crippen LogP contribution in [0.5, 0.6) is 0 Å². The number of nitrogens with two attached hydrogens (primary N) is 1. The van der Waals surface area contributed by atoms with Crippen LogP contribution in [0.3, 0.4) is 0 Å². The van der Waals surface area contributed by atoms with E-state index in [0.717, 1.165) is 0 Å². The quantitative estimate of drug-likeness (QED) is 0.567. The van der Waals surface area contributed by atoms with Crippen LogP contribution in [0.2, 0.25) is 0 Å². The van der Waals surface area contributed by atoms with E-state index in [1.165, 1.54) is 18.3 Å². The number of nitrogens with zero attached hydrogens (tertiary/aromatic N) is 1. The number of pyridine rings is 1. The van der Waals surface area contributed by atoms with Crippen LogP contribution < -0.4 is 16.4 Å². The third-order valence-electron chi connectivity index (χ3n) is 1.67. The number of hydrogen-bond donors (Lipinski definition) is 4. The van der Waals surface area contributed by atoms with E-state index >= 15 is 0 Å². The zero-order chi connectivity index (χ0) is 12.0. The molecule has 0 spiro atoms. The number of urea groups is 1. The Balaban J connectivity index is 2.55. The minimum absolute atomic E-state index is 0.0760. The molecule has 0 bridgehead atoms. The summed E-state index contributed by atoms with van der Waals surface area (Å²) in [5.74, 6) is -1.11. The number of carbonyl (C=O) groups is 2. The van der Waals surface area contributed by atoms with Crippen molar-refractivity contribution in [3.63, 3.8) is 0 Å². The number of carboxylic acids is 1. The fraction of sp³-hybridized carbons (Fsp3) is 0.222. The monoisotopic (exact) mass is 224 g/mol. The van der Waals surface area contributed by atoms with Gasteiger partial charge in [-0.15, -0.1) is 0 Å². The Kier molecular flexibility index (Phi) is 4.22. The Bertz CT molecular complexity index is 377. The van der Waals surface area contributed by atoms with E-state index in [4.69, 9.17) is 10.8 Å². The van der Waals surface area contributed by atoms with Crippen molar-refractivity contribution < 1.29 is 14.7 Å². The molecule has 0 aliphatic heterocycles. The summed E-state index contributed by atoms with van der Waals surface area (Å²) in [4.78, 5) is 25.3. The number of rotatable bonds is 4. The van der Waals surface area contributed by atoms with Crippen LogP contribution in [-0.2, 0) is 0 Å². The molecule has 0 radical (unpaired) electrons. The van der Waals surface area contributed by atoms with Gasteiger partial charge >= 0.3 is 12.0 Å². The molecule has 0 aliphatic carbocycles. The van der Waals surface area contributed by atoms with Crippen LogP contribution in [-0.4, -0.2) is 35.2 Å². The lowest BCUT2D eigenvalue weighted by molar-refractivity contribution is 0.0690. The average Bonchev–Trinajstić information content (AvgIpc) is 2.27. The number of nitrogens with one attached hydrogen (secondary N) is 2. The Morgan fingerprint density at radius 2 is 2.19 bits per heavy atom. The summed E-state index contributed by atoms with van der Waals surface area (Å²) in [6.07, 6.45) is 1.27. The molecule has 0 atom stereocenters. The fourth-order valence-electron chi connectivity index (χ4n) is 0.955. The smallest absolute Gasteiger partial charge is 0.354 e. The van der Waals surface area contributed by atoms with Crippen molar-refractivity contribution in [3.05, 3.63) is 24.0 Å². The van der Waals surface area contributed by atoms with Gasteiger partial charge in [0, 0.05) is 13.1 Å². The lowest BCUT2D eigenvalue weighted by atomic mass is 10.3. The first kappa shape index (κ1) is 11.9. The van der Waals surface area contributed by atoms with Crippen molar-refractivity contribution in [1.82, 2.24) is 10.3 Å². The van der Waals surface area contributed by atoms with Gasteiger partial charge in [0.1, 0.15) is 5.69 Å². The van der Waals surface area contributed by atoms with Gasteiger partial charge < -0.3 is 21.5 Å². The topological polar surface area (TPSA) is 117 Å². The molecule has 1 rings (SSSR count). The van der Waals surface area contributed by atoms with Crippen LogP contribution in [0.15, 0.2) is 18.3 Å². The van der Waals surface area contributed by atoms with E-state index in [1.807, 2.05) is 0 Å². The Hall–Kier alpha value is -2.15. The predicted octanol–water partition coefficient (Wildman–Crippen LogP) is -0.140. The second kappa shape index (κ2) is 5.66. The molecule has 1 aromatic rings. The summed E-state index contributed by atoms with van der Waals surface area (Å²) in [6, 6.07) is 2.36. The maximum atomic E-state index is 11.2. The highest BCUT2D eigenvalue weighted by Crippen LogP contribution is 2.05. The molecule has 5 N–H and O–H groups in total. The lowest BCUT2D eigenvalue weighted by Crippen LogP contribution is -2.32. The average molecular weight is 224 g/mol. The standard InChI is InChI=1S/C9H12N4O3/c10-3-4-11-9(16)13-6-1-2-7(8(14)15)12-5-6/h1-2,5H,3-4,10H2,(H,14,15)(H2,11,13,16). The van der Waals surface area contributed by atoms with Crippen LogP contribution >= 0.6 is 0 Å². The van der Waals surface area contributed by atoms with Crippen LogP contribution in [0.25, 0.3) is 0 Å². The van der Waals surface area contributed by atoms with Crippen LogP contribution in [0, 0.1) is 0 Å². The van der Waals surface area contributed by atoms with Gasteiger partial charge in [-0.3, -0.25) is 0 Å². The molecular weight excluding hydrogens is 212 g/mol. The lowest BCUT2D eigenvalue weighted by Gasteiger charge is -2.05. The number of anilines is 1. The second-order valence-electron chi connectivity index (χ2n) is 2.91. The maximum Gasteiger partial charge on any atom is 0.354 e. The van der Waals surface area contributed by atoms with E-state index in [0.29, 0.717) is 18.8 Å². The highest BCUT2D eigenvalue weighted by Gasteiger charge is 2.05. The van der Waals surface area contributed by atoms with Crippen LogP contribution in [0.1, 0.15) is 10.5 Å². The molecule has 1 heterocycles. The zero-order valence-electron chi connectivity index (χ0n) is 8.43. The van der Waals surface area contributed by atoms with Crippen molar-refractivity contribution in [3.8, 4) is 0 Å². The number of amides is 2. The number of aromatic carboxylic acids is 1. The first-order valence-electron chi connectivity index (χ1n) is 4.57. The number of carboxylic acid groups (broad SMARTS) is 1. The molecule has 16 heavy (non-hydrogen) atoms. The highest BCUT2D eigenvalue weighted by molar-refractivity contribution is 5.90. The number of hydrogen-bond acceptors (Lipinski definition) is 4. The zero-order valence-corrected chi connectivity index (χ0v) is 8.43. The fourth-order valence-corrected chi connectivity index (χ4v) is 0.955. The molecule has 0 saturated heterocycles. The van der Waals surface area contributed by atoms with E-state index in [2.05, 4.69) is 15.6 Å². The van der Waals surface area contributed by atoms with Gasteiger partial charge in [-0.2, -0.15) is 0 Å². The maximum absolute atomic E-state index is 11.2. The minimum atomic E-state index is -1.11. The molecule has 0 aromatic carbocycles. The molecule has 1 aromatic heterocycles. The summed E-state index contributed by atoms with van der Waals surface area (Å²) >= 11 is 0. The van der Waals surface area contributed by atoms with Crippen LogP contribution in [0.4, 0.5) is 10.5 Å². The Morgan fingerprint density at radius 3 is 2.69 bits per heavy atom. The van der Waals surface area contributed by atoms with Gasteiger partial charge in [0.05, 0.1) is 11.9 Å². The van der Waals surface area contributed by atoms with E-state index in [1.54, 1.807) is 0 Å². The van der Waals surface area contributed by atoms with E-state index in [9.17, 15) is 9.59 Å². The number of carbonyl (C=O) groups excluding carboxylic acids is 1. The van der Waals surface area contributed by atoms with Crippen molar-refractivity contribution in [2.75, 3.05) is 18.4 Å². The first-order chi connectivity index (χ1) is 7.63. The summed E-state index contributed by atoms with van der Waals surface area (Å²) in [5, 5.41) is 13.6. The van der Waals surface area contributed by atoms with Crippen molar-refractivity contribution >= 4 is 17.7 Å². The third kappa shape index (κ3) is 3.54. The van der Waals surface area contributed by atoms with Gasteiger partial charge in [-0.05, 0) is 12.1 Å². The van der Waals surface area contributed by atoms with Gasteiger partial charge in [-0.1, -0.05) is 0 Å². The molecule has 0 unspecified atom stereocenters. The normalized spacial score (nSPS) is 9.56. The first-order valence-corrected chi connectivity index (χ1v) is 4.57. The summed E-state index contributed by atoms with van der Waals surface area (Å²) < 4.78 is 0. The Morgan fingerprint density at radius 1 is 1.44 bits per heavy atom. The van der Waals surface area contributed by atoms with E-state index in [-0.39, 0.29) is 5.69 Å². The second-order valence-corrected chi connectivity index (χ2v) is 2.91. The molecule has 7 nitrogen and oxygen atoms in total. The molecule has 2 amide bonds. The highest BCUT2D eigenvalue weighted by atomic mass is 16.4. The summed E-state index contributed by atoms with van der Waals surface area (Å²) in [6.45, 7) is 0.718. The molecular formula is C9H12N4O3. The SMILES string of the molecule is NCCNC(=O)Nc1ccc(C(=O)O)nc1. The Labute approximate surface area is 91.7 Å². The number of aromatic nitrogens is 1. The van der Waals surface area contributed by atoms with E-state index < -0.39 is 12.0 Å². The molecule has 0 fully saturated rings. The van der Waals surface area contributed by atoms with Gasteiger partial charge in [0.2, 0.25) is 0 Å². The third-order valence-corrected chi connectivity index (χ3v) is 1.67. The summed E-state index contributed by atoms with van der Waals surface area (Å²) in [7, 11) is 0. The van der Waals surface area contributed by atoms with Gasteiger partial charge in [0.15, 0.2) is 0 Å². The van der Waals surface area contributed by atoms with Gasteiger partial charge in [-0.25, -0.2) is 14.6 Å². The van der Waals surface area contributed by atoms with Crippen molar-refractivity contribution in [2.24, 2.45) is 5.73 Å². The molecule has 0 aliphatic rings. The van der Waals surface area contributed by atoms with Gasteiger partial charge in [0.25, 0.3) is 0 Å². The van der Waals surface area contributed by atoms with Crippen molar-refractivity contribution in [1.29, 1.82) is 0 Å². The minimum Gasteiger partial charge on any atom is -0.477 e. The molecule has 0 saturated carbocycles. The molecule has 86 valence electrons. The van der Waals surface area contributed by atoms with Crippen molar-refractivity contribution in [2.45, 2.75) is 0 Å². The summed E-state index contributed by atoms with van der Waals surface area (Å²) in [5.41, 5.74) is 5.54. The molecule has 7 heteroatoms. The largest absolute Gasteiger partial charge is 0.477 e.